The molecule has 1 aliphatic rings. The predicted molar refractivity (Wildman–Crippen MR) is 112 cm³/mol. The molecule has 156 valence electrons. The Morgan fingerprint density at radius 2 is 1.72 bits per heavy atom. The summed E-state index contributed by atoms with van der Waals surface area (Å²) in [5, 5.41) is 3.34. The lowest BCUT2D eigenvalue weighted by atomic mass is 10.3. The molecule has 1 heterocycles. The van der Waals surface area contributed by atoms with Crippen molar-refractivity contribution in [2.75, 3.05) is 38.2 Å². The molecule has 29 heavy (non-hydrogen) atoms. The van der Waals surface area contributed by atoms with Gasteiger partial charge in [-0.25, -0.2) is 8.42 Å². The number of halogens is 3. The van der Waals surface area contributed by atoms with Crippen LogP contribution >= 0.6 is 34.8 Å². The number of morpholine rings is 1. The van der Waals surface area contributed by atoms with Gasteiger partial charge in [0, 0.05) is 24.8 Å². The second kappa shape index (κ2) is 9.51. The van der Waals surface area contributed by atoms with Crippen molar-refractivity contribution in [1.82, 2.24) is 4.31 Å². The lowest BCUT2D eigenvalue weighted by Crippen LogP contribution is -2.40. The normalized spacial score (nSPS) is 15.1. The Hall–Kier alpha value is -1.55. The monoisotopic (exact) mass is 478 g/mol. The molecule has 0 aliphatic carbocycles. The van der Waals surface area contributed by atoms with Crippen molar-refractivity contribution in [2.24, 2.45) is 0 Å². The standard InChI is InChI=1S/C18H17Cl3N2O5S/c19-14-4-2-13(10-16(14)21)28-11-18(24)22-12-1-3-15(20)17(9-12)29(25,26)23-5-7-27-8-6-23/h1-4,9-10H,5-8,11H2,(H,22,24). The summed E-state index contributed by atoms with van der Waals surface area (Å²) in [5.74, 6) is -0.102. The molecule has 1 amide bonds. The lowest BCUT2D eigenvalue weighted by Gasteiger charge is -2.26. The minimum atomic E-state index is -3.80. The number of carbonyl (C=O) groups is 1. The molecule has 0 saturated carbocycles. The molecular formula is C18H17Cl3N2O5S. The second-order valence-electron chi connectivity index (χ2n) is 6.07. The van der Waals surface area contributed by atoms with Crippen LogP contribution in [0.5, 0.6) is 5.75 Å². The maximum absolute atomic E-state index is 12.8. The Morgan fingerprint density at radius 1 is 1.03 bits per heavy atom. The van der Waals surface area contributed by atoms with Gasteiger partial charge < -0.3 is 14.8 Å². The predicted octanol–water partition coefficient (Wildman–Crippen LogP) is 3.69. The zero-order chi connectivity index (χ0) is 21.0. The van der Waals surface area contributed by atoms with Crippen LogP contribution in [0, 0.1) is 0 Å². The third kappa shape index (κ3) is 5.53. The van der Waals surface area contributed by atoms with Crippen LogP contribution in [-0.4, -0.2) is 51.5 Å². The Labute approximate surface area is 183 Å². The molecule has 11 heteroatoms. The first-order valence-electron chi connectivity index (χ1n) is 8.52. The van der Waals surface area contributed by atoms with Crippen molar-refractivity contribution >= 4 is 56.4 Å². The molecule has 0 aromatic heterocycles. The summed E-state index contributed by atoms with van der Waals surface area (Å²) in [5.41, 5.74) is 0.281. The number of rotatable bonds is 6. The van der Waals surface area contributed by atoms with Crippen LogP contribution < -0.4 is 10.1 Å². The molecule has 7 nitrogen and oxygen atoms in total. The maximum Gasteiger partial charge on any atom is 0.262 e. The van der Waals surface area contributed by atoms with Crippen molar-refractivity contribution in [3.05, 3.63) is 51.5 Å². The topological polar surface area (TPSA) is 84.9 Å². The van der Waals surface area contributed by atoms with Gasteiger partial charge >= 0.3 is 0 Å². The minimum Gasteiger partial charge on any atom is -0.484 e. The lowest BCUT2D eigenvalue weighted by molar-refractivity contribution is -0.118. The molecule has 0 bridgehead atoms. The molecule has 0 radical (unpaired) electrons. The van der Waals surface area contributed by atoms with E-state index in [2.05, 4.69) is 5.32 Å². The SMILES string of the molecule is O=C(COc1ccc(Cl)c(Cl)c1)Nc1ccc(Cl)c(S(=O)(=O)N2CCOCC2)c1. The summed E-state index contributed by atoms with van der Waals surface area (Å²) in [4.78, 5) is 12.1. The Kier molecular flexibility index (Phi) is 7.26. The molecule has 3 rings (SSSR count). The molecule has 0 atom stereocenters. The minimum absolute atomic E-state index is 0.0709. The first-order chi connectivity index (χ1) is 13.8. The largest absolute Gasteiger partial charge is 0.484 e. The molecule has 1 N–H and O–H groups in total. The average molecular weight is 480 g/mol. The summed E-state index contributed by atoms with van der Waals surface area (Å²) in [7, 11) is -3.80. The van der Waals surface area contributed by atoms with E-state index in [4.69, 9.17) is 44.3 Å². The van der Waals surface area contributed by atoms with E-state index < -0.39 is 15.9 Å². The van der Waals surface area contributed by atoms with Crippen molar-refractivity contribution in [3.8, 4) is 5.75 Å². The maximum atomic E-state index is 12.8. The molecule has 2 aromatic carbocycles. The van der Waals surface area contributed by atoms with Crippen molar-refractivity contribution in [1.29, 1.82) is 0 Å². The number of anilines is 1. The van der Waals surface area contributed by atoms with E-state index in [0.717, 1.165) is 0 Å². The van der Waals surface area contributed by atoms with Gasteiger partial charge in [0.05, 0.1) is 28.3 Å². The molecule has 1 aliphatic heterocycles. The zero-order valence-electron chi connectivity index (χ0n) is 15.0. The van der Waals surface area contributed by atoms with Gasteiger partial charge in [0.2, 0.25) is 10.0 Å². The number of nitrogens with one attached hydrogen (secondary N) is 1. The van der Waals surface area contributed by atoms with E-state index in [0.29, 0.717) is 29.0 Å². The number of hydrogen-bond acceptors (Lipinski definition) is 5. The van der Waals surface area contributed by atoms with Gasteiger partial charge in [-0.3, -0.25) is 4.79 Å². The molecule has 1 fully saturated rings. The number of amides is 1. The fourth-order valence-corrected chi connectivity index (χ4v) is 4.81. The van der Waals surface area contributed by atoms with Crippen molar-refractivity contribution < 1.29 is 22.7 Å². The van der Waals surface area contributed by atoms with Gasteiger partial charge in [0.1, 0.15) is 10.6 Å². The van der Waals surface area contributed by atoms with Crippen LogP contribution in [0.4, 0.5) is 5.69 Å². The van der Waals surface area contributed by atoms with Crippen LogP contribution in [0.25, 0.3) is 0 Å². The fraction of sp³-hybridized carbons (Fsp3) is 0.278. The van der Waals surface area contributed by atoms with Gasteiger partial charge in [-0.15, -0.1) is 0 Å². The fourth-order valence-electron chi connectivity index (χ4n) is 2.62. The van der Waals surface area contributed by atoms with Crippen LogP contribution in [0.3, 0.4) is 0 Å². The quantitative estimate of drug-likeness (QED) is 0.683. The zero-order valence-corrected chi connectivity index (χ0v) is 18.1. The Morgan fingerprint density at radius 3 is 2.41 bits per heavy atom. The average Bonchev–Trinajstić information content (AvgIpc) is 2.71. The van der Waals surface area contributed by atoms with Crippen molar-refractivity contribution in [2.45, 2.75) is 4.90 Å². The third-order valence-corrected chi connectivity index (χ3v) is 7.18. The van der Waals surface area contributed by atoms with Crippen LogP contribution in [-0.2, 0) is 19.6 Å². The van der Waals surface area contributed by atoms with Gasteiger partial charge in [-0.1, -0.05) is 34.8 Å². The van der Waals surface area contributed by atoms with Gasteiger partial charge in [-0.05, 0) is 30.3 Å². The van der Waals surface area contributed by atoms with E-state index >= 15 is 0 Å². The molecule has 0 unspecified atom stereocenters. The highest BCUT2D eigenvalue weighted by Gasteiger charge is 2.28. The first kappa shape index (κ1) is 22.1. The highest BCUT2D eigenvalue weighted by Crippen LogP contribution is 2.29. The van der Waals surface area contributed by atoms with Crippen LogP contribution in [0.1, 0.15) is 0 Å². The molecule has 1 saturated heterocycles. The van der Waals surface area contributed by atoms with Gasteiger partial charge in [-0.2, -0.15) is 4.31 Å². The summed E-state index contributed by atoms with van der Waals surface area (Å²) in [6.45, 7) is 0.824. The molecule has 2 aromatic rings. The smallest absolute Gasteiger partial charge is 0.262 e. The van der Waals surface area contributed by atoms with E-state index in [1.165, 1.54) is 28.6 Å². The highest BCUT2D eigenvalue weighted by molar-refractivity contribution is 7.89. The van der Waals surface area contributed by atoms with Gasteiger partial charge in [0.25, 0.3) is 5.91 Å². The van der Waals surface area contributed by atoms with Crippen LogP contribution in [0.2, 0.25) is 15.1 Å². The number of ether oxygens (including phenoxy) is 2. The highest BCUT2D eigenvalue weighted by atomic mass is 35.5. The first-order valence-corrected chi connectivity index (χ1v) is 11.1. The van der Waals surface area contributed by atoms with Crippen LogP contribution in [0.15, 0.2) is 41.3 Å². The Bertz CT molecular complexity index is 1010. The van der Waals surface area contributed by atoms with Gasteiger partial charge in [0.15, 0.2) is 6.61 Å². The number of sulfonamides is 1. The van der Waals surface area contributed by atoms with E-state index in [1.54, 1.807) is 12.1 Å². The molecular weight excluding hydrogens is 463 g/mol. The number of nitrogens with zero attached hydrogens (tertiary/aromatic N) is 1. The van der Waals surface area contributed by atoms with E-state index in [9.17, 15) is 13.2 Å². The summed E-state index contributed by atoms with van der Waals surface area (Å²) in [6.07, 6.45) is 0. The number of benzene rings is 2. The Balaban J connectivity index is 1.68. The second-order valence-corrected chi connectivity index (χ2v) is 9.20. The van der Waals surface area contributed by atoms with E-state index in [-0.39, 0.29) is 35.3 Å². The number of carbonyl (C=O) groups excluding carboxylic acids is 1. The summed E-state index contributed by atoms with van der Waals surface area (Å²) < 4.78 is 37.5. The third-order valence-electron chi connectivity index (χ3n) is 4.06. The summed E-state index contributed by atoms with van der Waals surface area (Å²) in [6, 6.07) is 8.88. The van der Waals surface area contributed by atoms with Crippen molar-refractivity contribution in [3.63, 3.8) is 0 Å². The van der Waals surface area contributed by atoms with E-state index in [1.807, 2.05) is 0 Å². The summed E-state index contributed by atoms with van der Waals surface area (Å²) >= 11 is 17.8. The molecule has 0 spiro atoms. The number of hydrogen-bond donors (Lipinski definition) is 1.